The van der Waals surface area contributed by atoms with Crippen LogP contribution in [-0.4, -0.2) is 42.9 Å². The van der Waals surface area contributed by atoms with E-state index in [1.54, 1.807) is 11.8 Å². The average molecular weight is 499 g/mol. The van der Waals surface area contributed by atoms with E-state index < -0.39 is 30.1 Å². The van der Waals surface area contributed by atoms with Crippen LogP contribution >= 0.6 is 11.8 Å². The van der Waals surface area contributed by atoms with Crippen LogP contribution < -0.4 is 10.6 Å². The maximum absolute atomic E-state index is 13.3. The molecule has 35 heavy (non-hydrogen) atoms. The van der Waals surface area contributed by atoms with Crippen molar-refractivity contribution in [2.45, 2.75) is 51.3 Å². The Balaban J connectivity index is 2.17. The molecule has 0 saturated carbocycles. The molecule has 8 heteroatoms. The molecule has 1 aliphatic rings. The van der Waals surface area contributed by atoms with Crippen molar-refractivity contribution in [2.75, 3.05) is 12.9 Å². The number of thioether (sulfide) groups is 1. The van der Waals surface area contributed by atoms with Crippen molar-refractivity contribution in [1.29, 1.82) is 0 Å². The first-order chi connectivity index (χ1) is 16.9. The number of esters is 1. The number of hydrogen-bond donors (Lipinski definition) is 2. The number of unbranched alkanes of at least 4 members (excludes halogenated alkanes) is 1. The predicted octanol–water partition coefficient (Wildman–Crippen LogP) is 4.82. The highest BCUT2D eigenvalue weighted by Crippen LogP contribution is 2.22. The number of methoxy groups -OCH3 is 1. The number of alkyl carbamates (subject to hydrolysis) is 1. The highest BCUT2D eigenvalue weighted by molar-refractivity contribution is 8.02. The van der Waals surface area contributed by atoms with Gasteiger partial charge in [-0.2, -0.15) is 0 Å². The van der Waals surface area contributed by atoms with E-state index in [2.05, 4.69) is 17.2 Å². The SMILES string of the molecule is C=C1/C=C\C=C/CSC=C1C[C@H](NC(=O)OCc1ccccc1)C(=O)N[C@@H](CCCC)C(=O)OC. The van der Waals surface area contributed by atoms with Crippen molar-refractivity contribution in [3.63, 3.8) is 0 Å². The van der Waals surface area contributed by atoms with Gasteiger partial charge in [0.1, 0.15) is 18.7 Å². The van der Waals surface area contributed by atoms with Crippen LogP contribution in [0.4, 0.5) is 4.79 Å². The van der Waals surface area contributed by atoms with E-state index in [0.717, 1.165) is 35.3 Å². The Morgan fingerprint density at radius 3 is 2.60 bits per heavy atom. The molecule has 1 aliphatic heterocycles. The van der Waals surface area contributed by atoms with Gasteiger partial charge >= 0.3 is 12.1 Å². The Bertz CT molecular complexity index is 956. The average Bonchev–Trinajstić information content (AvgIpc) is 2.97. The topological polar surface area (TPSA) is 93.7 Å². The third-order valence-electron chi connectivity index (χ3n) is 5.27. The van der Waals surface area contributed by atoms with Gasteiger partial charge in [0.2, 0.25) is 5.91 Å². The monoisotopic (exact) mass is 498 g/mol. The molecular weight excluding hydrogens is 464 g/mol. The molecule has 2 N–H and O–H groups in total. The van der Waals surface area contributed by atoms with Crippen molar-refractivity contribution in [3.8, 4) is 0 Å². The van der Waals surface area contributed by atoms with E-state index in [1.807, 2.05) is 67.0 Å². The maximum atomic E-state index is 13.3. The zero-order valence-electron chi connectivity index (χ0n) is 20.3. The van der Waals surface area contributed by atoms with Crippen LogP contribution in [0.5, 0.6) is 0 Å². The summed E-state index contributed by atoms with van der Waals surface area (Å²) in [7, 11) is 1.29. The molecule has 7 nitrogen and oxygen atoms in total. The number of carbonyl (C=O) groups excluding carboxylic acids is 3. The number of amides is 2. The van der Waals surface area contributed by atoms with Gasteiger partial charge in [0.25, 0.3) is 0 Å². The molecule has 1 aromatic carbocycles. The van der Waals surface area contributed by atoms with E-state index in [1.165, 1.54) is 7.11 Å². The summed E-state index contributed by atoms with van der Waals surface area (Å²) in [5, 5.41) is 7.36. The summed E-state index contributed by atoms with van der Waals surface area (Å²) in [6.45, 7) is 6.17. The normalized spacial score (nSPS) is 16.9. The number of allylic oxidation sites excluding steroid dienone is 4. The number of benzene rings is 1. The molecule has 0 spiro atoms. The lowest BCUT2D eigenvalue weighted by molar-refractivity contribution is -0.145. The predicted molar refractivity (Wildman–Crippen MR) is 140 cm³/mol. The van der Waals surface area contributed by atoms with E-state index in [-0.39, 0.29) is 13.0 Å². The van der Waals surface area contributed by atoms with E-state index in [9.17, 15) is 14.4 Å². The summed E-state index contributed by atoms with van der Waals surface area (Å²) in [5.41, 5.74) is 2.37. The summed E-state index contributed by atoms with van der Waals surface area (Å²) in [4.78, 5) is 38.1. The molecular formula is C27H34N2O5S. The maximum Gasteiger partial charge on any atom is 0.408 e. The minimum Gasteiger partial charge on any atom is -0.467 e. The van der Waals surface area contributed by atoms with Crippen LogP contribution in [0.1, 0.15) is 38.2 Å². The lowest BCUT2D eigenvalue weighted by Crippen LogP contribution is -2.52. The minimum atomic E-state index is -0.974. The molecule has 2 atom stereocenters. The first kappa shape index (κ1) is 28.0. The van der Waals surface area contributed by atoms with Gasteiger partial charge in [-0.3, -0.25) is 4.79 Å². The molecule has 0 bridgehead atoms. The van der Waals surface area contributed by atoms with Gasteiger partial charge < -0.3 is 20.1 Å². The van der Waals surface area contributed by atoms with Crippen molar-refractivity contribution in [3.05, 3.63) is 83.3 Å². The Morgan fingerprint density at radius 1 is 1.11 bits per heavy atom. The van der Waals surface area contributed by atoms with E-state index in [0.29, 0.717) is 6.42 Å². The second-order valence-electron chi connectivity index (χ2n) is 7.98. The molecule has 0 fully saturated rings. The van der Waals surface area contributed by atoms with Crippen molar-refractivity contribution in [2.24, 2.45) is 0 Å². The van der Waals surface area contributed by atoms with Gasteiger partial charge in [0.05, 0.1) is 7.11 Å². The summed E-state index contributed by atoms with van der Waals surface area (Å²) in [5.74, 6) is -0.243. The van der Waals surface area contributed by atoms with Gasteiger partial charge in [-0.15, -0.1) is 11.8 Å². The Hall–Kier alpha value is -3.26. The molecule has 188 valence electrons. The largest absolute Gasteiger partial charge is 0.467 e. The highest BCUT2D eigenvalue weighted by atomic mass is 32.2. The molecule has 0 saturated heterocycles. The minimum absolute atomic E-state index is 0.0714. The van der Waals surface area contributed by atoms with Gasteiger partial charge in [0.15, 0.2) is 0 Å². The fourth-order valence-corrected chi connectivity index (χ4v) is 4.05. The standard InChI is InChI=1S/C27H34N2O5S/c1-4-5-15-23(26(31)33-3)28-25(30)24(17-22-19-35-16-11-7-8-12-20(22)2)29-27(32)34-18-21-13-9-6-10-14-21/h6-14,19,23-24H,2,4-5,15-18H2,1,3H3,(H,28,30)(H,29,32)/b11-7-,12-8-,22-19?/t23-,24-/m0/s1. The highest BCUT2D eigenvalue weighted by Gasteiger charge is 2.28. The van der Waals surface area contributed by atoms with Crippen molar-refractivity contribution >= 4 is 29.7 Å². The van der Waals surface area contributed by atoms with Crippen LogP contribution in [0.15, 0.2) is 77.8 Å². The fraction of sp³-hybridized carbons (Fsp3) is 0.370. The van der Waals surface area contributed by atoms with Crippen LogP contribution in [-0.2, 0) is 25.7 Å². The zero-order valence-corrected chi connectivity index (χ0v) is 21.1. The quantitative estimate of drug-likeness (QED) is 0.425. The number of rotatable bonds is 11. The molecule has 0 radical (unpaired) electrons. The molecule has 2 amide bonds. The summed E-state index contributed by atoms with van der Waals surface area (Å²) in [6, 6.07) is 7.49. The smallest absolute Gasteiger partial charge is 0.408 e. The van der Waals surface area contributed by atoms with Gasteiger partial charge in [-0.1, -0.05) is 81.0 Å². The Morgan fingerprint density at radius 2 is 1.89 bits per heavy atom. The summed E-state index contributed by atoms with van der Waals surface area (Å²) < 4.78 is 10.2. The number of hydrogen-bond acceptors (Lipinski definition) is 6. The molecule has 1 heterocycles. The van der Waals surface area contributed by atoms with Gasteiger partial charge in [0, 0.05) is 12.2 Å². The molecule has 2 rings (SSSR count). The van der Waals surface area contributed by atoms with E-state index >= 15 is 0 Å². The van der Waals surface area contributed by atoms with Gasteiger partial charge in [-0.05, 0) is 28.5 Å². The summed E-state index contributed by atoms with van der Waals surface area (Å²) >= 11 is 1.57. The van der Waals surface area contributed by atoms with Crippen LogP contribution in [0.3, 0.4) is 0 Å². The Labute approximate surface area is 211 Å². The number of nitrogens with one attached hydrogen (secondary N) is 2. The Kier molecular flexibility index (Phi) is 12.5. The van der Waals surface area contributed by atoms with Gasteiger partial charge in [-0.25, -0.2) is 9.59 Å². The first-order valence-corrected chi connectivity index (χ1v) is 12.7. The number of carbonyl (C=O) groups is 3. The molecule has 1 aromatic rings. The van der Waals surface area contributed by atoms with Crippen molar-refractivity contribution in [1.82, 2.24) is 10.6 Å². The number of ether oxygens (including phenoxy) is 2. The first-order valence-electron chi connectivity index (χ1n) is 11.6. The van der Waals surface area contributed by atoms with Crippen molar-refractivity contribution < 1.29 is 23.9 Å². The second-order valence-corrected chi connectivity index (χ2v) is 8.88. The van der Waals surface area contributed by atoms with Crippen LogP contribution in [0, 0.1) is 0 Å². The van der Waals surface area contributed by atoms with Crippen LogP contribution in [0.25, 0.3) is 0 Å². The van der Waals surface area contributed by atoms with E-state index in [4.69, 9.17) is 9.47 Å². The molecule has 0 aliphatic carbocycles. The third-order valence-corrected chi connectivity index (χ3v) is 6.11. The molecule has 0 unspecified atom stereocenters. The van der Waals surface area contributed by atoms with Crippen LogP contribution in [0.2, 0.25) is 0 Å². The zero-order chi connectivity index (χ0) is 25.5. The lowest BCUT2D eigenvalue weighted by Gasteiger charge is -2.23. The fourth-order valence-electron chi connectivity index (χ4n) is 3.28. The third kappa shape index (κ3) is 10.3. The lowest BCUT2D eigenvalue weighted by atomic mass is 9.99. The summed E-state index contributed by atoms with van der Waals surface area (Å²) in [6.07, 6.45) is 9.21. The second kappa shape index (κ2) is 15.6. The molecule has 0 aromatic heterocycles.